The molecule has 0 radical (unpaired) electrons. The maximum Gasteiger partial charge on any atom is 0.255 e. The highest BCUT2D eigenvalue weighted by atomic mass is 32.1. The van der Waals surface area contributed by atoms with Crippen LogP contribution in [0.5, 0.6) is 11.5 Å². The van der Waals surface area contributed by atoms with Gasteiger partial charge >= 0.3 is 0 Å². The van der Waals surface area contributed by atoms with Crippen LogP contribution in [-0.4, -0.2) is 16.8 Å². The number of amides is 2. The second-order valence-corrected chi connectivity index (χ2v) is 8.58. The second-order valence-electron chi connectivity index (χ2n) is 7.63. The Morgan fingerprint density at radius 3 is 2.67 bits per heavy atom. The molecule has 0 atom stereocenters. The Balaban J connectivity index is 1.31. The molecule has 9 heteroatoms. The Morgan fingerprint density at radius 1 is 1.00 bits per heavy atom. The van der Waals surface area contributed by atoms with Gasteiger partial charge in [-0.15, -0.1) is 11.3 Å². The van der Waals surface area contributed by atoms with Crippen LogP contribution >= 0.6 is 11.3 Å². The van der Waals surface area contributed by atoms with Gasteiger partial charge in [-0.2, -0.15) is 0 Å². The molecule has 1 aliphatic rings. The molecule has 0 spiro atoms. The van der Waals surface area contributed by atoms with Crippen molar-refractivity contribution in [3.8, 4) is 11.5 Å². The zero-order valence-electron chi connectivity index (χ0n) is 17.1. The summed E-state index contributed by atoms with van der Waals surface area (Å²) in [7, 11) is 0. The molecule has 5 rings (SSSR count). The van der Waals surface area contributed by atoms with Crippen molar-refractivity contribution < 1.29 is 23.1 Å². The van der Waals surface area contributed by atoms with Gasteiger partial charge in [-0.05, 0) is 47.9 Å². The average Bonchev–Trinajstić information content (AvgIpc) is 3.55. The average molecular weight is 465 g/mol. The minimum absolute atomic E-state index is 0.00195. The van der Waals surface area contributed by atoms with Crippen molar-refractivity contribution in [1.29, 1.82) is 0 Å². The third-order valence-corrected chi connectivity index (χ3v) is 6.03. The Morgan fingerprint density at radius 2 is 1.85 bits per heavy atom. The molecule has 0 saturated heterocycles. The molecule has 4 aromatic rings. The van der Waals surface area contributed by atoms with Crippen molar-refractivity contribution in [2.45, 2.75) is 12.8 Å². The van der Waals surface area contributed by atoms with E-state index in [0.29, 0.717) is 5.56 Å². The second kappa shape index (κ2) is 8.59. The zero-order chi connectivity index (χ0) is 22.9. The van der Waals surface area contributed by atoms with Crippen LogP contribution in [0.25, 0.3) is 10.1 Å². The molecule has 0 bridgehead atoms. The predicted octanol–water partition coefficient (Wildman–Crippen LogP) is 5.97. The summed E-state index contributed by atoms with van der Waals surface area (Å²) in [6.07, 6.45) is 3.08. The third kappa shape index (κ3) is 4.68. The van der Waals surface area contributed by atoms with E-state index in [1.807, 2.05) is 11.4 Å². The van der Waals surface area contributed by atoms with Crippen LogP contribution in [0, 0.1) is 17.6 Å². The van der Waals surface area contributed by atoms with E-state index in [1.165, 1.54) is 29.7 Å². The van der Waals surface area contributed by atoms with Gasteiger partial charge in [0.1, 0.15) is 11.6 Å². The van der Waals surface area contributed by atoms with E-state index in [0.717, 1.165) is 35.1 Å². The first kappa shape index (κ1) is 21.0. The largest absolute Gasteiger partial charge is 0.454 e. The summed E-state index contributed by atoms with van der Waals surface area (Å²) >= 11 is 1.48. The molecule has 1 aliphatic carbocycles. The molecular weight excluding hydrogens is 448 g/mol. The molecule has 1 saturated carbocycles. The third-order valence-electron chi connectivity index (χ3n) is 5.15. The Hall–Kier alpha value is -3.85. The summed E-state index contributed by atoms with van der Waals surface area (Å²) in [6, 6.07) is 11.7. The number of benzene rings is 2. The summed E-state index contributed by atoms with van der Waals surface area (Å²) in [4.78, 5) is 28.5. The summed E-state index contributed by atoms with van der Waals surface area (Å²) < 4.78 is 35.6. The number of ether oxygens (including phenoxy) is 1. The van der Waals surface area contributed by atoms with Gasteiger partial charge < -0.3 is 15.4 Å². The van der Waals surface area contributed by atoms with Gasteiger partial charge in [0.25, 0.3) is 5.91 Å². The van der Waals surface area contributed by atoms with Crippen LogP contribution < -0.4 is 15.4 Å². The van der Waals surface area contributed by atoms with E-state index in [9.17, 15) is 18.4 Å². The zero-order valence-corrected chi connectivity index (χ0v) is 17.9. The van der Waals surface area contributed by atoms with Crippen LogP contribution in [0.15, 0.2) is 60.1 Å². The number of aromatic nitrogens is 1. The molecule has 2 amide bonds. The van der Waals surface area contributed by atoms with Crippen molar-refractivity contribution in [3.63, 3.8) is 0 Å². The number of carbonyl (C=O) groups is 2. The van der Waals surface area contributed by atoms with Crippen molar-refractivity contribution in [2.75, 3.05) is 10.6 Å². The minimum atomic E-state index is -0.860. The molecule has 166 valence electrons. The quantitative estimate of drug-likeness (QED) is 0.368. The number of nitrogens with one attached hydrogen (secondary N) is 2. The summed E-state index contributed by atoms with van der Waals surface area (Å²) in [6.45, 7) is 0. The predicted molar refractivity (Wildman–Crippen MR) is 122 cm³/mol. The Labute approximate surface area is 191 Å². The van der Waals surface area contributed by atoms with Crippen molar-refractivity contribution >= 4 is 44.7 Å². The van der Waals surface area contributed by atoms with Crippen LogP contribution in [0.4, 0.5) is 20.3 Å². The maximum absolute atomic E-state index is 14.6. The molecule has 6 nitrogen and oxygen atoms in total. The van der Waals surface area contributed by atoms with E-state index < -0.39 is 17.5 Å². The monoisotopic (exact) mass is 465 g/mol. The van der Waals surface area contributed by atoms with Gasteiger partial charge in [0.15, 0.2) is 17.4 Å². The van der Waals surface area contributed by atoms with Crippen LogP contribution in [0.1, 0.15) is 23.2 Å². The summed E-state index contributed by atoms with van der Waals surface area (Å²) in [5.74, 6) is -2.33. The van der Waals surface area contributed by atoms with Gasteiger partial charge in [0.05, 0.1) is 5.69 Å². The van der Waals surface area contributed by atoms with E-state index in [2.05, 4.69) is 15.6 Å². The number of pyridine rings is 1. The van der Waals surface area contributed by atoms with Gasteiger partial charge in [-0.25, -0.2) is 13.8 Å². The highest BCUT2D eigenvalue weighted by Gasteiger charge is 2.29. The van der Waals surface area contributed by atoms with Gasteiger partial charge in [0.2, 0.25) is 5.91 Å². The molecule has 2 aromatic heterocycles. The molecule has 2 aromatic carbocycles. The standard InChI is InChI=1S/C24H17F2N3O3S/c25-17-12-20(32-16-5-7-27-22(10-16)29-23(30)14-2-3-14)18(26)11-19(17)28-24(31)15-4-1-13-6-8-33-21(13)9-15/h1,4-12,14H,2-3H2,(H,28,31)(H,27,29,30). The van der Waals surface area contributed by atoms with Crippen molar-refractivity contribution in [1.82, 2.24) is 4.98 Å². The van der Waals surface area contributed by atoms with E-state index in [1.54, 1.807) is 18.2 Å². The van der Waals surface area contributed by atoms with Gasteiger partial charge in [-0.1, -0.05) is 6.07 Å². The Bertz CT molecular complexity index is 1380. The fourth-order valence-electron chi connectivity index (χ4n) is 3.24. The fraction of sp³-hybridized carbons (Fsp3) is 0.125. The lowest BCUT2D eigenvalue weighted by Gasteiger charge is -2.12. The first-order valence-corrected chi connectivity index (χ1v) is 11.1. The molecule has 2 N–H and O–H groups in total. The molecular formula is C24H17F2N3O3S. The number of rotatable bonds is 6. The number of nitrogens with zero attached hydrogens (tertiary/aromatic N) is 1. The first-order chi connectivity index (χ1) is 16.0. The maximum atomic E-state index is 14.6. The van der Waals surface area contributed by atoms with E-state index in [-0.39, 0.29) is 34.8 Å². The van der Waals surface area contributed by atoms with Gasteiger partial charge in [0, 0.05) is 40.6 Å². The highest BCUT2D eigenvalue weighted by Crippen LogP contribution is 2.32. The minimum Gasteiger partial charge on any atom is -0.454 e. The first-order valence-electron chi connectivity index (χ1n) is 10.2. The number of halogens is 2. The lowest BCUT2D eigenvalue weighted by atomic mass is 10.1. The van der Waals surface area contributed by atoms with E-state index >= 15 is 0 Å². The number of thiophene rings is 1. The molecule has 0 aliphatic heterocycles. The van der Waals surface area contributed by atoms with Crippen LogP contribution in [0.3, 0.4) is 0 Å². The lowest BCUT2D eigenvalue weighted by molar-refractivity contribution is -0.117. The molecule has 0 unspecified atom stereocenters. The molecule has 33 heavy (non-hydrogen) atoms. The van der Waals surface area contributed by atoms with Gasteiger partial charge in [-0.3, -0.25) is 9.59 Å². The van der Waals surface area contributed by atoms with Crippen LogP contribution in [0.2, 0.25) is 0 Å². The van der Waals surface area contributed by atoms with Crippen LogP contribution in [-0.2, 0) is 4.79 Å². The summed E-state index contributed by atoms with van der Waals surface area (Å²) in [5, 5.41) is 7.98. The summed E-state index contributed by atoms with van der Waals surface area (Å²) in [5.41, 5.74) is 0.0332. The number of anilines is 2. The van der Waals surface area contributed by atoms with E-state index in [4.69, 9.17) is 4.74 Å². The highest BCUT2D eigenvalue weighted by molar-refractivity contribution is 7.17. The fourth-order valence-corrected chi connectivity index (χ4v) is 4.07. The molecule has 1 fully saturated rings. The number of hydrogen-bond acceptors (Lipinski definition) is 5. The smallest absolute Gasteiger partial charge is 0.255 e. The number of carbonyl (C=O) groups excluding carboxylic acids is 2. The SMILES string of the molecule is O=C(Nc1cc(F)c(Oc2ccnc(NC(=O)C3CC3)c2)cc1F)c1ccc2ccsc2c1. The normalized spacial score (nSPS) is 13.0. The topological polar surface area (TPSA) is 80.3 Å². The number of hydrogen-bond donors (Lipinski definition) is 2. The molecule has 2 heterocycles. The number of fused-ring (bicyclic) bond motifs is 1. The van der Waals surface area contributed by atoms with Crippen molar-refractivity contribution in [2.24, 2.45) is 5.92 Å². The Kier molecular flexibility index (Phi) is 5.47. The van der Waals surface area contributed by atoms with Crippen molar-refractivity contribution in [3.05, 3.63) is 77.3 Å². The lowest BCUT2D eigenvalue weighted by Crippen LogP contribution is -2.14.